The summed E-state index contributed by atoms with van der Waals surface area (Å²) < 4.78 is 36.8. The molecule has 9 heteroatoms. The van der Waals surface area contributed by atoms with Crippen LogP contribution in [-0.4, -0.2) is 53.0 Å². The van der Waals surface area contributed by atoms with Gasteiger partial charge in [0.1, 0.15) is 5.75 Å². The van der Waals surface area contributed by atoms with Crippen LogP contribution in [0, 0.1) is 25.2 Å². The van der Waals surface area contributed by atoms with Crippen molar-refractivity contribution >= 4 is 16.8 Å². The number of aryl methyl sites for hydroxylation is 1. The van der Waals surface area contributed by atoms with E-state index in [0.29, 0.717) is 47.9 Å². The molecule has 1 atom stereocenters. The Balaban J connectivity index is 1.33. The van der Waals surface area contributed by atoms with Gasteiger partial charge in [-0.15, -0.1) is 0 Å². The SMILES string of the molecule is CCC(F)(F)C1(CN2CCC([C@@H](C)n3c(C)c(C(=O)NCc4c(OC)cc(C)[nH]c4=O)c4ccccc43)CC2)CC1. The van der Waals surface area contributed by atoms with Crippen LogP contribution in [0.25, 0.3) is 10.9 Å². The number of rotatable bonds is 10. The Kier molecular flexibility index (Phi) is 8.03. The van der Waals surface area contributed by atoms with Crippen molar-refractivity contribution in [3.8, 4) is 5.75 Å². The van der Waals surface area contributed by atoms with E-state index in [-0.39, 0.29) is 30.5 Å². The predicted molar refractivity (Wildman–Crippen MR) is 157 cm³/mol. The molecule has 0 radical (unpaired) electrons. The van der Waals surface area contributed by atoms with Crippen LogP contribution in [0.5, 0.6) is 5.75 Å². The summed E-state index contributed by atoms with van der Waals surface area (Å²) >= 11 is 0. The Labute approximate surface area is 240 Å². The minimum atomic E-state index is -2.59. The maximum Gasteiger partial charge on any atom is 0.256 e. The molecule has 222 valence electrons. The zero-order chi connectivity index (χ0) is 29.5. The number of aromatic amines is 1. The van der Waals surface area contributed by atoms with Crippen LogP contribution < -0.4 is 15.6 Å². The lowest BCUT2D eigenvalue weighted by molar-refractivity contribution is -0.0888. The Morgan fingerprint density at radius 2 is 1.90 bits per heavy atom. The number of hydrogen-bond donors (Lipinski definition) is 2. The fourth-order valence-electron chi connectivity index (χ4n) is 6.89. The molecule has 7 nitrogen and oxygen atoms in total. The number of para-hydroxylation sites is 1. The number of nitrogens with one attached hydrogen (secondary N) is 2. The lowest BCUT2D eigenvalue weighted by Gasteiger charge is -2.39. The van der Waals surface area contributed by atoms with Gasteiger partial charge in [-0.3, -0.25) is 9.59 Å². The number of halogens is 2. The minimum Gasteiger partial charge on any atom is -0.496 e. The Morgan fingerprint density at radius 1 is 1.22 bits per heavy atom. The molecule has 1 aliphatic carbocycles. The normalized spacial score (nSPS) is 18.4. The molecular weight excluding hydrogens is 526 g/mol. The van der Waals surface area contributed by atoms with Gasteiger partial charge in [-0.2, -0.15) is 0 Å². The molecule has 2 aromatic heterocycles. The summed E-state index contributed by atoms with van der Waals surface area (Å²) in [6.45, 7) is 9.71. The number of amides is 1. The molecule has 1 saturated heterocycles. The van der Waals surface area contributed by atoms with E-state index in [9.17, 15) is 18.4 Å². The van der Waals surface area contributed by atoms with E-state index in [1.54, 1.807) is 19.9 Å². The largest absolute Gasteiger partial charge is 0.496 e. The molecule has 3 aromatic rings. The third-order valence-electron chi connectivity index (χ3n) is 9.58. The molecule has 41 heavy (non-hydrogen) atoms. The maximum atomic E-state index is 14.6. The van der Waals surface area contributed by atoms with Gasteiger partial charge in [-0.05, 0) is 77.6 Å². The second-order valence-electron chi connectivity index (χ2n) is 12.1. The molecular formula is C32H42F2N4O3. The fourth-order valence-corrected chi connectivity index (χ4v) is 6.89. The number of ether oxygens (including phenoxy) is 1. The third-order valence-corrected chi connectivity index (χ3v) is 9.58. The van der Waals surface area contributed by atoms with Gasteiger partial charge >= 0.3 is 0 Å². The first-order valence-electron chi connectivity index (χ1n) is 14.8. The minimum absolute atomic E-state index is 0.0448. The summed E-state index contributed by atoms with van der Waals surface area (Å²) in [6.07, 6.45) is 3.01. The maximum absolute atomic E-state index is 14.6. The van der Waals surface area contributed by atoms with Gasteiger partial charge in [0.2, 0.25) is 0 Å². The third kappa shape index (κ3) is 5.41. The van der Waals surface area contributed by atoms with Crippen LogP contribution in [0.2, 0.25) is 0 Å². The highest BCUT2D eigenvalue weighted by Crippen LogP contribution is 2.58. The zero-order valence-electron chi connectivity index (χ0n) is 24.8. The lowest BCUT2D eigenvalue weighted by atomic mass is 9.88. The van der Waals surface area contributed by atoms with E-state index in [0.717, 1.165) is 42.5 Å². The average molecular weight is 569 g/mol. The van der Waals surface area contributed by atoms with Crippen LogP contribution in [0.3, 0.4) is 0 Å². The Morgan fingerprint density at radius 3 is 2.54 bits per heavy atom. The number of aromatic nitrogens is 2. The standard InChI is InChI=1S/C32H42F2N4O3/c1-6-32(33,34)31(13-14-31)19-37-15-11-23(12-16-37)21(3)38-22(4)28(24-9-7-8-10-26(24)38)30(40)35-18-25-27(41-5)17-20(2)36-29(25)39/h7-10,17,21,23H,6,11-16,18-19H2,1-5H3,(H,35,40)(H,36,39)/t21-/m1/s1. The molecule has 1 aromatic carbocycles. The van der Waals surface area contributed by atoms with E-state index in [1.165, 1.54) is 7.11 Å². The first-order valence-corrected chi connectivity index (χ1v) is 14.8. The van der Waals surface area contributed by atoms with Crippen molar-refractivity contribution in [2.24, 2.45) is 11.3 Å². The highest BCUT2D eigenvalue weighted by Gasteiger charge is 2.61. The number of likely N-dealkylation sites (tertiary alicyclic amines) is 1. The molecule has 0 unspecified atom stereocenters. The van der Waals surface area contributed by atoms with Crippen molar-refractivity contribution in [3.63, 3.8) is 0 Å². The molecule has 5 rings (SSSR count). The first-order chi connectivity index (χ1) is 19.5. The molecule has 2 aliphatic rings. The number of piperidine rings is 1. The summed E-state index contributed by atoms with van der Waals surface area (Å²) in [7, 11) is 1.51. The Bertz CT molecular complexity index is 1480. The van der Waals surface area contributed by atoms with Crippen molar-refractivity contribution < 1.29 is 18.3 Å². The van der Waals surface area contributed by atoms with Gasteiger partial charge in [0.15, 0.2) is 0 Å². The number of fused-ring (bicyclic) bond motifs is 1. The van der Waals surface area contributed by atoms with Crippen LogP contribution in [0.15, 0.2) is 35.1 Å². The van der Waals surface area contributed by atoms with Gasteiger partial charge in [0, 0.05) is 46.7 Å². The van der Waals surface area contributed by atoms with E-state index in [2.05, 4.69) is 26.7 Å². The number of alkyl halides is 2. The fraction of sp³-hybridized carbons (Fsp3) is 0.562. The van der Waals surface area contributed by atoms with Gasteiger partial charge in [-0.25, -0.2) is 8.78 Å². The number of hydrogen-bond acceptors (Lipinski definition) is 4. The number of nitrogens with zero attached hydrogens (tertiary/aromatic N) is 2. The van der Waals surface area contributed by atoms with Crippen molar-refractivity contribution in [2.75, 3.05) is 26.7 Å². The summed E-state index contributed by atoms with van der Waals surface area (Å²) in [4.78, 5) is 31.1. The zero-order valence-corrected chi connectivity index (χ0v) is 24.8. The highest BCUT2D eigenvalue weighted by molar-refractivity contribution is 6.08. The van der Waals surface area contributed by atoms with Crippen LogP contribution in [-0.2, 0) is 6.54 Å². The van der Waals surface area contributed by atoms with Crippen molar-refractivity contribution in [2.45, 2.75) is 78.3 Å². The van der Waals surface area contributed by atoms with E-state index >= 15 is 0 Å². The molecule has 1 amide bonds. The summed E-state index contributed by atoms with van der Waals surface area (Å²) in [5, 5.41) is 3.81. The quantitative estimate of drug-likeness (QED) is 0.315. The van der Waals surface area contributed by atoms with Crippen molar-refractivity contribution in [3.05, 3.63) is 63.2 Å². The smallest absolute Gasteiger partial charge is 0.256 e. The molecule has 2 N–H and O–H groups in total. The molecule has 3 heterocycles. The first kappa shape index (κ1) is 29.3. The Hall–Kier alpha value is -3.20. The number of H-pyrrole nitrogens is 1. The summed E-state index contributed by atoms with van der Waals surface area (Å²) in [5.74, 6) is -2.02. The number of pyridine rings is 1. The topological polar surface area (TPSA) is 79.4 Å². The van der Waals surface area contributed by atoms with Crippen LogP contribution >= 0.6 is 0 Å². The van der Waals surface area contributed by atoms with Gasteiger partial charge in [0.25, 0.3) is 17.4 Å². The molecule has 2 fully saturated rings. The summed E-state index contributed by atoms with van der Waals surface area (Å²) in [6, 6.07) is 9.80. The summed E-state index contributed by atoms with van der Waals surface area (Å²) in [5.41, 5.74) is 2.42. The number of benzene rings is 1. The molecule has 1 aliphatic heterocycles. The second-order valence-corrected chi connectivity index (χ2v) is 12.1. The van der Waals surface area contributed by atoms with Crippen LogP contribution in [0.1, 0.15) is 79.3 Å². The average Bonchev–Trinajstić information content (AvgIpc) is 3.68. The number of methoxy groups -OCH3 is 1. The monoisotopic (exact) mass is 568 g/mol. The van der Waals surface area contributed by atoms with Gasteiger partial charge < -0.3 is 24.5 Å². The molecule has 1 saturated carbocycles. The predicted octanol–water partition coefficient (Wildman–Crippen LogP) is 5.98. The lowest BCUT2D eigenvalue weighted by Crippen LogP contribution is -2.44. The number of carbonyl (C=O) groups excluding carboxylic acids is 1. The van der Waals surface area contributed by atoms with Gasteiger partial charge in [0.05, 0.1) is 24.8 Å². The van der Waals surface area contributed by atoms with E-state index in [1.807, 2.05) is 31.2 Å². The van der Waals surface area contributed by atoms with E-state index < -0.39 is 11.3 Å². The second kappa shape index (κ2) is 11.2. The van der Waals surface area contributed by atoms with Crippen LogP contribution in [0.4, 0.5) is 8.78 Å². The van der Waals surface area contributed by atoms with Crippen molar-refractivity contribution in [1.82, 2.24) is 19.8 Å². The molecule has 0 spiro atoms. The number of carbonyl (C=O) groups is 1. The highest BCUT2D eigenvalue weighted by atomic mass is 19.3. The van der Waals surface area contributed by atoms with Gasteiger partial charge in [-0.1, -0.05) is 25.1 Å². The van der Waals surface area contributed by atoms with Crippen molar-refractivity contribution in [1.29, 1.82) is 0 Å². The van der Waals surface area contributed by atoms with E-state index in [4.69, 9.17) is 4.74 Å². The molecule has 0 bridgehead atoms.